The molecule has 0 saturated carbocycles. The molecule has 0 spiro atoms. The maximum absolute atomic E-state index is 13.8. The van der Waals surface area contributed by atoms with Crippen molar-refractivity contribution in [3.63, 3.8) is 0 Å². The highest BCUT2D eigenvalue weighted by molar-refractivity contribution is 5.13. The average molecular weight is 343 g/mol. The number of likely N-dealkylation sites (tertiary alicyclic amines) is 1. The predicted molar refractivity (Wildman–Crippen MR) is 90.6 cm³/mol. The molecule has 2 saturated heterocycles. The van der Waals surface area contributed by atoms with Crippen LogP contribution in [-0.2, 0) is 11.3 Å². The second kappa shape index (κ2) is 7.06. The number of nitrogens with zero attached hydrogens (tertiary/aromatic N) is 3. The van der Waals surface area contributed by atoms with Crippen molar-refractivity contribution in [1.29, 1.82) is 0 Å². The number of halogens is 1. The van der Waals surface area contributed by atoms with Crippen LogP contribution in [0.3, 0.4) is 0 Å². The Labute approximate surface area is 146 Å². The largest absolute Gasteiger partial charge is 0.475 e. The van der Waals surface area contributed by atoms with Crippen molar-refractivity contribution in [3.8, 4) is 5.88 Å². The molecule has 4 heterocycles. The summed E-state index contributed by atoms with van der Waals surface area (Å²) >= 11 is 0. The molecule has 2 aromatic heterocycles. The summed E-state index contributed by atoms with van der Waals surface area (Å²) in [6, 6.07) is 8.92. The van der Waals surface area contributed by atoms with E-state index in [4.69, 9.17) is 9.47 Å². The summed E-state index contributed by atoms with van der Waals surface area (Å²) in [4.78, 5) is 10.8. The van der Waals surface area contributed by atoms with E-state index in [-0.39, 0.29) is 17.4 Å². The van der Waals surface area contributed by atoms with Crippen LogP contribution in [0.15, 0.2) is 42.7 Å². The predicted octanol–water partition coefficient (Wildman–Crippen LogP) is 2.68. The van der Waals surface area contributed by atoms with E-state index < -0.39 is 5.82 Å². The number of fused-ring (bicyclic) bond motifs is 1. The number of hydrogen-bond donors (Lipinski definition) is 0. The van der Waals surface area contributed by atoms with Gasteiger partial charge in [0.2, 0.25) is 5.88 Å². The minimum absolute atomic E-state index is 0.0735. The van der Waals surface area contributed by atoms with Gasteiger partial charge in [-0.1, -0.05) is 6.07 Å². The summed E-state index contributed by atoms with van der Waals surface area (Å²) in [5.74, 6) is -0.347. The average Bonchev–Trinajstić information content (AvgIpc) is 3.05. The lowest BCUT2D eigenvalue weighted by atomic mass is 9.77. The van der Waals surface area contributed by atoms with Crippen molar-refractivity contribution < 1.29 is 13.9 Å². The van der Waals surface area contributed by atoms with Crippen molar-refractivity contribution >= 4 is 0 Å². The zero-order chi connectivity index (χ0) is 17.1. The monoisotopic (exact) mass is 343 g/mol. The molecule has 0 aromatic carbocycles. The summed E-state index contributed by atoms with van der Waals surface area (Å²) in [5.41, 5.74) is 0.948. The SMILES string of the molecule is Fc1cccnc1OC[C@@]12CCO[C@@H]1CCN(Cc1ccccn1)C2. The molecule has 25 heavy (non-hydrogen) atoms. The summed E-state index contributed by atoms with van der Waals surface area (Å²) in [7, 11) is 0. The molecule has 2 atom stereocenters. The van der Waals surface area contributed by atoms with E-state index in [1.807, 2.05) is 24.4 Å². The molecule has 4 rings (SSSR count). The fourth-order valence-electron chi connectivity index (χ4n) is 3.89. The lowest BCUT2D eigenvalue weighted by Crippen LogP contribution is -2.52. The van der Waals surface area contributed by atoms with Gasteiger partial charge >= 0.3 is 0 Å². The standard InChI is InChI=1S/C19H22FN3O2/c20-16-5-3-9-22-18(16)25-14-19-7-11-24-17(19)6-10-23(13-19)12-15-4-1-2-8-21-15/h1-5,8-9,17H,6-7,10-14H2/t17-,19+/m1/s1. The maximum Gasteiger partial charge on any atom is 0.250 e. The molecule has 0 aliphatic carbocycles. The maximum atomic E-state index is 13.8. The van der Waals surface area contributed by atoms with E-state index in [1.165, 1.54) is 6.07 Å². The Bertz CT molecular complexity index is 715. The third-order valence-electron chi connectivity index (χ3n) is 5.18. The first-order chi connectivity index (χ1) is 12.3. The van der Waals surface area contributed by atoms with Gasteiger partial charge in [0.25, 0.3) is 0 Å². The summed E-state index contributed by atoms with van der Waals surface area (Å²) in [5, 5.41) is 0. The molecule has 0 bridgehead atoms. The zero-order valence-corrected chi connectivity index (χ0v) is 14.1. The van der Waals surface area contributed by atoms with E-state index in [9.17, 15) is 4.39 Å². The summed E-state index contributed by atoms with van der Waals surface area (Å²) < 4.78 is 25.5. The van der Waals surface area contributed by atoms with Crippen LogP contribution >= 0.6 is 0 Å². The van der Waals surface area contributed by atoms with Crippen LogP contribution in [0.4, 0.5) is 4.39 Å². The van der Waals surface area contributed by atoms with Gasteiger partial charge < -0.3 is 9.47 Å². The molecular formula is C19H22FN3O2. The first-order valence-electron chi connectivity index (χ1n) is 8.72. The Hall–Kier alpha value is -2.05. The van der Waals surface area contributed by atoms with Crippen molar-refractivity contribution in [2.24, 2.45) is 5.41 Å². The van der Waals surface area contributed by atoms with E-state index in [2.05, 4.69) is 14.9 Å². The Morgan fingerprint density at radius 3 is 3.00 bits per heavy atom. The second-order valence-electron chi connectivity index (χ2n) is 6.87. The van der Waals surface area contributed by atoms with E-state index >= 15 is 0 Å². The van der Waals surface area contributed by atoms with Gasteiger partial charge in [-0.15, -0.1) is 0 Å². The summed E-state index contributed by atoms with van der Waals surface area (Å²) in [6.45, 7) is 3.80. The highest BCUT2D eigenvalue weighted by Crippen LogP contribution is 2.41. The molecule has 132 valence electrons. The Morgan fingerprint density at radius 1 is 1.24 bits per heavy atom. The number of pyridine rings is 2. The molecule has 6 heteroatoms. The molecule has 2 aliphatic heterocycles. The topological polar surface area (TPSA) is 47.5 Å². The van der Waals surface area contributed by atoms with Gasteiger partial charge in [0.15, 0.2) is 5.82 Å². The molecular weight excluding hydrogens is 321 g/mol. The van der Waals surface area contributed by atoms with Crippen molar-refractivity contribution in [3.05, 3.63) is 54.2 Å². The molecule has 0 amide bonds. The second-order valence-corrected chi connectivity index (χ2v) is 6.87. The summed E-state index contributed by atoms with van der Waals surface area (Å²) in [6.07, 6.45) is 5.42. The Morgan fingerprint density at radius 2 is 2.16 bits per heavy atom. The van der Waals surface area contributed by atoms with Crippen molar-refractivity contribution in [2.75, 3.05) is 26.3 Å². The van der Waals surface area contributed by atoms with Crippen LogP contribution in [0.2, 0.25) is 0 Å². The fourth-order valence-corrected chi connectivity index (χ4v) is 3.89. The van der Waals surface area contributed by atoms with Crippen LogP contribution in [-0.4, -0.2) is 47.3 Å². The van der Waals surface area contributed by atoms with Crippen LogP contribution in [0.1, 0.15) is 18.5 Å². The van der Waals surface area contributed by atoms with Gasteiger partial charge in [0.1, 0.15) is 0 Å². The first kappa shape index (κ1) is 16.4. The van der Waals surface area contributed by atoms with E-state index in [0.717, 1.165) is 44.8 Å². The molecule has 0 radical (unpaired) electrons. The number of piperidine rings is 1. The van der Waals surface area contributed by atoms with Gasteiger partial charge in [-0.05, 0) is 37.1 Å². The quantitative estimate of drug-likeness (QED) is 0.835. The molecule has 0 N–H and O–H groups in total. The van der Waals surface area contributed by atoms with E-state index in [1.54, 1.807) is 12.3 Å². The molecule has 0 unspecified atom stereocenters. The molecule has 2 aromatic rings. The van der Waals surface area contributed by atoms with Gasteiger partial charge in [0, 0.05) is 44.0 Å². The molecule has 5 nitrogen and oxygen atoms in total. The molecule has 2 fully saturated rings. The molecule has 2 aliphatic rings. The van der Waals surface area contributed by atoms with Gasteiger partial charge in [-0.25, -0.2) is 9.37 Å². The fraction of sp³-hybridized carbons (Fsp3) is 0.474. The van der Waals surface area contributed by atoms with Crippen molar-refractivity contribution in [2.45, 2.75) is 25.5 Å². The number of aromatic nitrogens is 2. The lowest BCUT2D eigenvalue weighted by Gasteiger charge is -2.43. The smallest absolute Gasteiger partial charge is 0.250 e. The third-order valence-corrected chi connectivity index (χ3v) is 5.18. The van der Waals surface area contributed by atoms with Crippen LogP contribution < -0.4 is 4.74 Å². The first-order valence-corrected chi connectivity index (χ1v) is 8.72. The van der Waals surface area contributed by atoms with Crippen LogP contribution in [0.5, 0.6) is 5.88 Å². The number of hydrogen-bond acceptors (Lipinski definition) is 5. The van der Waals surface area contributed by atoms with Crippen molar-refractivity contribution in [1.82, 2.24) is 14.9 Å². The number of rotatable bonds is 5. The van der Waals surface area contributed by atoms with Crippen LogP contribution in [0, 0.1) is 11.2 Å². The Balaban J connectivity index is 1.46. The third kappa shape index (κ3) is 3.50. The van der Waals surface area contributed by atoms with Gasteiger partial charge in [-0.2, -0.15) is 0 Å². The Kier molecular flexibility index (Phi) is 4.63. The lowest BCUT2D eigenvalue weighted by molar-refractivity contribution is -0.0428. The zero-order valence-electron chi connectivity index (χ0n) is 14.1. The minimum Gasteiger partial charge on any atom is -0.475 e. The van der Waals surface area contributed by atoms with E-state index in [0.29, 0.717) is 6.61 Å². The highest BCUT2D eigenvalue weighted by atomic mass is 19.1. The van der Waals surface area contributed by atoms with Gasteiger partial charge in [-0.3, -0.25) is 9.88 Å². The van der Waals surface area contributed by atoms with Gasteiger partial charge in [0.05, 0.1) is 18.4 Å². The highest BCUT2D eigenvalue weighted by Gasteiger charge is 2.48. The number of ether oxygens (including phenoxy) is 2. The van der Waals surface area contributed by atoms with Crippen LogP contribution in [0.25, 0.3) is 0 Å². The normalized spacial score (nSPS) is 26.4. The minimum atomic E-state index is -0.421.